The van der Waals surface area contributed by atoms with Gasteiger partial charge in [-0.1, -0.05) is 45.0 Å². The Balaban J connectivity index is 1.91. The van der Waals surface area contributed by atoms with Crippen molar-refractivity contribution in [1.29, 1.82) is 0 Å². The van der Waals surface area contributed by atoms with E-state index in [-0.39, 0.29) is 18.0 Å². The first-order chi connectivity index (χ1) is 13.7. The molecule has 3 aromatic rings. The summed E-state index contributed by atoms with van der Waals surface area (Å²) in [5.41, 5.74) is -0.0817. The van der Waals surface area contributed by atoms with Crippen LogP contribution in [0, 0.1) is 5.41 Å². The van der Waals surface area contributed by atoms with Gasteiger partial charge in [0.05, 0.1) is 24.1 Å². The highest BCUT2D eigenvalue weighted by molar-refractivity contribution is 5.79. The first kappa shape index (κ1) is 20.4. The summed E-state index contributed by atoms with van der Waals surface area (Å²) < 4.78 is 6.21. The third-order valence-electron chi connectivity index (χ3n) is 4.79. The molecule has 2 N–H and O–H groups in total. The monoisotopic (exact) mass is 395 g/mol. The number of amides is 1. The zero-order chi connectivity index (χ0) is 21.2. The van der Waals surface area contributed by atoms with E-state index in [1.165, 1.54) is 0 Å². The molecule has 0 saturated heterocycles. The number of H-pyrrole nitrogens is 1. The Hall–Kier alpha value is -3.35. The second-order valence-corrected chi connectivity index (χ2v) is 8.01. The number of hydrogen-bond acceptors (Lipinski definition) is 4. The van der Waals surface area contributed by atoms with E-state index in [0.717, 1.165) is 10.1 Å². The Labute approximate surface area is 168 Å². The maximum absolute atomic E-state index is 12.8. The lowest BCUT2D eigenvalue weighted by Crippen LogP contribution is -2.43. The molecule has 1 amide bonds. The van der Waals surface area contributed by atoms with E-state index in [9.17, 15) is 14.4 Å². The van der Waals surface area contributed by atoms with Crippen LogP contribution in [0.5, 0.6) is 5.75 Å². The zero-order valence-electron chi connectivity index (χ0n) is 17.0. The molecule has 0 radical (unpaired) electrons. The Morgan fingerprint density at radius 1 is 1.14 bits per heavy atom. The second kappa shape index (κ2) is 7.95. The van der Waals surface area contributed by atoms with Gasteiger partial charge >= 0.3 is 5.69 Å². The molecule has 0 aliphatic carbocycles. The summed E-state index contributed by atoms with van der Waals surface area (Å²) in [5, 5.41) is 3.33. The van der Waals surface area contributed by atoms with Gasteiger partial charge < -0.3 is 15.0 Å². The summed E-state index contributed by atoms with van der Waals surface area (Å²) in [6, 6.07) is 13.9. The van der Waals surface area contributed by atoms with Crippen LogP contribution in [0.25, 0.3) is 10.9 Å². The van der Waals surface area contributed by atoms with Crippen molar-refractivity contribution >= 4 is 16.8 Å². The molecule has 1 aromatic heterocycles. The van der Waals surface area contributed by atoms with Gasteiger partial charge in [-0.05, 0) is 35.2 Å². The van der Waals surface area contributed by atoms with E-state index >= 15 is 0 Å². The SMILES string of the molecule is COc1cccc([C@H](NC(=O)Cn2c(=O)[nH]c3ccccc3c2=O)C(C)(C)C)c1. The van der Waals surface area contributed by atoms with Crippen LogP contribution in [0.3, 0.4) is 0 Å². The molecule has 7 nitrogen and oxygen atoms in total. The van der Waals surface area contributed by atoms with E-state index in [2.05, 4.69) is 10.3 Å². The van der Waals surface area contributed by atoms with E-state index in [1.807, 2.05) is 45.0 Å². The summed E-state index contributed by atoms with van der Waals surface area (Å²) in [6.45, 7) is 5.65. The number of fused-ring (bicyclic) bond motifs is 1. The molecule has 29 heavy (non-hydrogen) atoms. The van der Waals surface area contributed by atoms with Gasteiger partial charge in [0.25, 0.3) is 5.56 Å². The predicted molar refractivity (Wildman–Crippen MR) is 112 cm³/mol. The molecule has 1 atom stereocenters. The molecule has 0 spiro atoms. The van der Waals surface area contributed by atoms with Crippen molar-refractivity contribution in [3.8, 4) is 5.75 Å². The average molecular weight is 395 g/mol. The van der Waals surface area contributed by atoms with Crippen LogP contribution in [0.2, 0.25) is 0 Å². The number of carbonyl (C=O) groups excluding carboxylic acids is 1. The highest BCUT2D eigenvalue weighted by atomic mass is 16.5. The first-order valence-electron chi connectivity index (χ1n) is 9.36. The van der Waals surface area contributed by atoms with Gasteiger partial charge in [0.1, 0.15) is 12.3 Å². The van der Waals surface area contributed by atoms with Crippen LogP contribution in [-0.4, -0.2) is 22.6 Å². The molecule has 0 aliphatic rings. The van der Waals surface area contributed by atoms with Crippen LogP contribution in [0.15, 0.2) is 58.1 Å². The summed E-state index contributed by atoms with van der Waals surface area (Å²) in [7, 11) is 1.59. The quantitative estimate of drug-likeness (QED) is 0.694. The fraction of sp³-hybridized carbons (Fsp3) is 0.318. The number of nitrogens with zero attached hydrogens (tertiary/aromatic N) is 1. The van der Waals surface area contributed by atoms with Crippen LogP contribution in [0.4, 0.5) is 0 Å². The van der Waals surface area contributed by atoms with Gasteiger partial charge in [0, 0.05) is 0 Å². The van der Waals surface area contributed by atoms with Crippen molar-refractivity contribution < 1.29 is 9.53 Å². The molecule has 0 aliphatic heterocycles. The number of nitrogens with one attached hydrogen (secondary N) is 2. The van der Waals surface area contributed by atoms with Crippen LogP contribution < -0.4 is 21.3 Å². The maximum Gasteiger partial charge on any atom is 0.329 e. The molecular weight excluding hydrogens is 370 g/mol. The molecule has 0 bridgehead atoms. The van der Waals surface area contributed by atoms with Crippen LogP contribution >= 0.6 is 0 Å². The average Bonchev–Trinajstić information content (AvgIpc) is 2.68. The number of ether oxygens (including phenoxy) is 1. The fourth-order valence-electron chi connectivity index (χ4n) is 3.31. The minimum atomic E-state index is -0.613. The van der Waals surface area contributed by atoms with Crippen molar-refractivity contribution in [3.63, 3.8) is 0 Å². The van der Waals surface area contributed by atoms with E-state index in [4.69, 9.17) is 4.74 Å². The molecule has 3 rings (SSSR count). The van der Waals surface area contributed by atoms with E-state index in [1.54, 1.807) is 31.4 Å². The molecule has 0 fully saturated rings. The van der Waals surface area contributed by atoms with Gasteiger partial charge in [-0.15, -0.1) is 0 Å². The number of hydrogen-bond donors (Lipinski definition) is 2. The zero-order valence-corrected chi connectivity index (χ0v) is 17.0. The number of methoxy groups -OCH3 is 1. The number of rotatable bonds is 5. The largest absolute Gasteiger partial charge is 0.497 e. The summed E-state index contributed by atoms with van der Waals surface area (Å²) >= 11 is 0. The van der Waals surface area contributed by atoms with Gasteiger partial charge in [-0.25, -0.2) is 4.79 Å². The Morgan fingerprint density at radius 2 is 1.86 bits per heavy atom. The van der Waals surface area contributed by atoms with Gasteiger partial charge in [-0.2, -0.15) is 0 Å². The standard InChI is InChI=1S/C22H25N3O4/c1-22(2,3)19(14-8-7-9-15(12-14)29-4)24-18(26)13-25-20(27)16-10-5-6-11-17(16)23-21(25)28/h5-12,19H,13H2,1-4H3,(H,23,28)(H,24,26)/t19-/m0/s1. The van der Waals surface area contributed by atoms with Crippen molar-refractivity contribution in [2.45, 2.75) is 33.4 Å². The normalized spacial score (nSPS) is 12.6. The first-order valence-corrected chi connectivity index (χ1v) is 9.36. The third kappa shape index (κ3) is 4.39. The topological polar surface area (TPSA) is 93.2 Å². The lowest BCUT2D eigenvalue weighted by molar-refractivity contribution is -0.123. The van der Waals surface area contributed by atoms with Crippen molar-refractivity contribution in [2.24, 2.45) is 5.41 Å². The predicted octanol–water partition coefficient (Wildman–Crippen LogP) is 2.60. The van der Waals surface area contributed by atoms with Crippen molar-refractivity contribution in [3.05, 3.63) is 74.9 Å². The molecule has 0 saturated carbocycles. The van der Waals surface area contributed by atoms with E-state index < -0.39 is 17.2 Å². The second-order valence-electron chi connectivity index (χ2n) is 8.01. The van der Waals surface area contributed by atoms with Crippen molar-refractivity contribution in [2.75, 3.05) is 7.11 Å². The molecule has 2 aromatic carbocycles. The van der Waals surface area contributed by atoms with E-state index in [0.29, 0.717) is 16.7 Å². The Bertz CT molecular complexity index is 1150. The molecular formula is C22H25N3O4. The lowest BCUT2D eigenvalue weighted by Gasteiger charge is -2.32. The number of aromatic amines is 1. The van der Waals surface area contributed by atoms with Gasteiger partial charge in [0.15, 0.2) is 0 Å². The Morgan fingerprint density at radius 3 is 2.55 bits per heavy atom. The number of para-hydroxylation sites is 1. The molecule has 1 heterocycles. The molecule has 7 heteroatoms. The highest BCUT2D eigenvalue weighted by Gasteiger charge is 2.28. The number of carbonyl (C=O) groups is 1. The Kier molecular flexibility index (Phi) is 5.59. The highest BCUT2D eigenvalue weighted by Crippen LogP contribution is 2.34. The van der Waals surface area contributed by atoms with Gasteiger partial charge in [0.2, 0.25) is 5.91 Å². The van der Waals surface area contributed by atoms with Crippen LogP contribution in [-0.2, 0) is 11.3 Å². The third-order valence-corrected chi connectivity index (χ3v) is 4.79. The fourth-order valence-corrected chi connectivity index (χ4v) is 3.31. The van der Waals surface area contributed by atoms with Crippen molar-refractivity contribution in [1.82, 2.24) is 14.9 Å². The number of benzene rings is 2. The number of aromatic nitrogens is 2. The summed E-state index contributed by atoms with van der Waals surface area (Å²) in [5.74, 6) is 0.267. The minimum Gasteiger partial charge on any atom is -0.497 e. The van der Waals surface area contributed by atoms with Crippen LogP contribution in [0.1, 0.15) is 32.4 Å². The maximum atomic E-state index is 12.8. The lowest BCUT2D eigenvalue weighted by atomic mass is 9.82. The minimum absolute atomic E-state index is 0.303. The molecule has 0 unspecified atom stereocenters. The molecule has 152 valence electrons. The summed E-state index contributed by atoms with van der Waals surface area (Å²) in [4.78, 5) is 40.4. The smallest absolute Gasteiger partial charge is 0.329 e. The van der Waals surface area contributed by atoms with Gasteiger partial charge in [-0.3, -0.25) is 14.2 Å². The summed E-state index contributed by atoms with van der Waals surface area (Å²) in [6.07, 6.45) is 0.